The van der Waals surface area contributed by atoms with E-state index in [1.807, 2.05) is 25.1 Å². The van der Waals surface area contributed by atoms with Crippen molar-refractivity contribution in [2.45, 2.75) is 52.7 Å². The summed E-state index contributed by atoms with van der Waals surface area (Å²) in [5.41, 5.74) is 3.89. The number of fused-ring (bicyclic) bond motifs is 1. The first-order valence-corrected chi connectivity index (χ1v) is 11.3. The first-order chi connectivity index (χ1) is 14.7. The second-order valence-corrected chi connectivity index (χ2v) is 9.56. The lowest BCUT2D eigenvalue weighted by molar-refractivity contribution is -0.147. The summed E-state index contributed by atoms with van der Waals surface area (Å²) in [7, 11) is 0. The van der Waals surface area contributed by atoms with Gasteiger partial charge in [0.15, 0.2) is 5.60 Å². The first-order valence-electron chi connectivity index (χ1n) is 10.9. The molecule has 2 heterocycles. The molecule has 4 rings (SSSR count). The highest BCUT2D eigenvalue weighted by molar-refractivity contribution is 6.30. The summed E-state index contributed by atoms with van der Waals surface area (Å²) >= 11 is 5.94. The summed E-state index contributed by atoms with van der Waals surface area (Å²) in [5, 5.41) is 0.648. The molecule has 0 spiro atoms. The zero-order chi connectivity index (χ0) is 22.2. The molecule has 164 valence electrons. The zero-order valence-electron chi connectivity index (χ0n) is 18.7. The number of ether oxygens (including phenoxy) is 1. The maximum absolute atomic E-state index is 13.1. The molecule has 2 aromatic carbocycles. The number of halogens is 1. The van der Waals surface area contributed by atoms with E-state index in [9.17, 15) is 4.79 Å². The summed E-state index contributed by atoms with van der Waals surface area (Å²) in [4.78, 5) is 19.6. The lowest BCUT2D eigenvalue weighted by Crippen LogP contribution is -2.51. The number of imidazole rings is 1. The number of nitrogens with zero attached hydrogens (tertiary/aromatic N) is 3. The number of piperidine rings is 1. The molecule has 3 aromatic rings. The molecule has 1 aliphatic rings. The highest BCUT2D eigenvalue weighted by atomic mass is 35.5. The number of aryl methyl sites for hydroxylation is 2. The Kier molecular flexibility index (Phi) is 5.98. The number of likely N-dealkylation sites (tertiary alicyclic amines) is 1. The summed E-state index contributed by atoms with van der Waals surface area (Å²) in [6.07, 6.45) is 3.91. The number of benzene rings is 2. The van der Waals surface area contributed by atoms with Crippen LogP contribution in [-0.2, 0) is 11.3 Å². The molecular weight excluding hydrogens is 410 g/mol. The van der Waals surface area contributed by atoms with Gasteiger partial charge in [-0.25, -0.2) is 4.98 Å². The smallest absolute Gasteiger partial charge is 0.266 e. The molecule has 1 aromatic heterocycles. The first kappa shape index (κ1) is 21.7. The molecule has 31 heavy (non-hydrogen) atoms. The number of hydrogen-bond donors (Lipinski definition) is 0. The minimum Gasteiger partial charge on any atom is -0.478 e. The normalized spacial score (nSPS) is 15.5. The van der Waals surface area contributed by atoms with E-state index < -0.39 is 5.60 Å². The third-order valence-corrected chi connectivity index (χ3v) is 6.55. The summed E-state index contributed by atoms with van der Waals surface area (Å²) in [6, 6.07) is 11.5. The molecule has 0 unspecified atom stereocenters. The van der Waals surface area contributed by atoms with Gasteiger partial charge in [-0.05, 0) is 94.0 Å². The number of carbonyl (C=O) groups excluding carboxylic acids is 1. The van der Waals surface area contributed by atoms with Gasteiger partial charge in [-0.15, -0.1) is 0 Å². The molecule has 0 bridgehead atoms. The van der Waals surface area contributed by atoms with Crippen molar-refractivity contribution in [3.63, 3.8) is 0 Å². The Morgan fingerprint density at radius 3 is 2.45 bits per heavy atom. The Balaban J connectivity index is 1.36. The van der Waals surface area contributed by atoms with Crippen LogP contribution in [0, 0.1) is 19.8 Å². The number of hydrogen-bond acceptors (Lipinski definition) is 3. The molecule has 1 amide bonds. The fraction of sp³-hybridized carbons (Fsp3) is 0.440. The van der Waals surface area contributed by atoms with E-state index in [0.29, 0.717) is 16.7 Å². The number of rotatable bonds is 5. The number of amides is 1. The average Bonchev–Trinajstić information content (AvgIpc) is 3.11. The van der Waals surface area contributed by atoms with Crippen LogP contribution in [0.15, 0.2) is 42.7 Å². The van der Waals surface area contributed by atoms with E-state index in [2.05, 4.69) is 35.5 Å². The van der Waals surface area contributed by atoms with Gasteiger partial charge in [0.2, 0.25) is 0 Å². The largest absolute Gasteiger partial charge is 0.478 e. The SMILES string of the molecule is Cc1cc2ncn(CC3CCN(C(=O)C(C)(C)Oc4ccc(Cl)cc4)CC3)c2cc1C. The predicted octanol–water partition coefficient (Wildman–Crippen LogP) is 5.40. The summed E-state index contributed by atoms with van der Waals surface area (Å²) < 4.78 is 8.25. The predicted molar refractivity (Wildman–Crippen MR) is 125 cm³/mol. The number of carbonyl (C=O) groups is 1. The van der Waals surface area contributed by atoms with Crippen molar-refractivity contribution in [2.24, 2.45) is 5.92 Å². The van der Waals surface area contributed by atoms with E-state index in [4.69, 9.17) is 16.3 Å². The van der Waals surface area contributed by atoms with Gasteiger partial charge >= 0.3 is 0 Å². The van der Waals surface area contributed by atoms with Crippen LogP contribution in [0.1, 0.15) is 37.8 Å². The minimum atomic E-state index is -0.920. The average molecular weight is 440 g/mol. The molecule has 1 aliphatic heterocycles. The lowest BCUT2D eigenvalue weighted by atomic mass is 9.95. The van der Waals surface area contributed by atoms with Gasteiger partial charge < -0.3 is 14.2 Å². The molecule has 5 nitrogen and oxygen atoms in total. The van der Waals surface area contributed by atoms with Crippen molar-refractivity contribution in [1.82, 2.24) is 14.5 Å². The van der Waals surface area contributed by atoms with Crippen LogP contribution >= 0.6 is 11.6 Å². The topological polar surface area (TPSA) is 47.4 Å². The Morgan fingerprint density at radius 1 is 1.13 bits per heavy atom. The van der Waals surface area contributed by atoms with Crippen LogP contribution in [0.2, 0.25) is 5.02 Å². The quantitative estimate of drug-likeness (QED) is 0.534. The van der Waals surface area contributed by atoms with Gasteiger partial charge in [0, 0.05) is 24.7 Å². The van der Waals surface area contributed by atoms with E-state index in [-0.39, 0.29) is 5.91 Å². The second kappa shape index (κ2) is 8.54. The van der Waals surface area contributed by atoms with Gasteiger partial charge in [0.1, 0.15) is 5.75 Å². The van der Waals surface area contributed by atoms with E-state index in [1.54, 1.807) is 24.3 Å². The van der Waals surface area contributed by atoms with E-state index in [0.717, 1.165) is 38.0 Å². The lowest BCUT2D eigenvalue weighted by Gasteiger charge is -2.37. The van der Waals surface area contributed by atoms with Crippen molar-refractivity contribution in [2.75, 3.05) is 13.1 Å². The fourth-order valence-corrected chi connectivity index (χ4v) is 4.40. The van der Waals surface area contributed by atoms with Crippen molar-refractivity contribution in [1.29, 1.82) is 0 Å². The van der Waals surface area contributed by atoms with Crippen LogP contribution in [0.3, 0.4) is 0 Å². The monoisotopic (exact) mass is 439 g/mol. The van der Waals surface area contributed by atoms with E-state index in [1.165, 1.54) is 16.6 Å². The zero-order valence-corrected chi connectivity index (χ0v) is 19.4. The Hall–Kier alpha value is -2.53. The van der Waals surface area contributed by atoms with Gasteiger partial charge in [-0.2, -0.15) is 0 Å². The third-order valence-electron chi connectivity index (χ3n) is 6.29. The van der Waals surface area contributed by atoms with Crippen molar-refractivity contribution >= 4 is 28.5 Å². The summed E-state index contributed by atoms with van der Waals surface area (Å²) in [6.45, 7) is 10.4. The van der Waals surface area contributed by atoms with Crippen LogP contribution in [0.4, 0.5) is 0 Å². The van der Waals surface area contributed by atoms with Gasteiger partial charge in [-0.1, -0.05) is 11.6 Å². The van der Waals surface area contributed by atoms with Crippen molar-refractivity contribution in [3.05, 3.63) is 58.9 Å². The molecular formula is C25H30ClN3O2. The molecule has 0 N–H and O–H groups in total. The highest BCUT2D eigenvalue weighted by Gasteiger charge is 2.36. The van der Waals surface area contributed by atoms with Crippen LogP contribution < -0.4 is 4.74 Å². The molecule has 1 fully saturated rings. The molecule has 0 aliphatic carbocycles. The third kappa shape index (κ3) is 4.72. The fourth-order valence-electron chi connectivity index (χ4n) is 4.28. The van der Waals surface area contributed by atoms with Gasteiger partial charge in [0.25, 0.3) is 5.91 Å². The van der Waals surface area contributed by atoms with Gasteiger partial charge in [-0.3, -0.25) is 4.79 Å². The maximum Gasteiger partial charge on any atom is 0.266 e. The Labute approximate surface area is 189 Å². The summed E-state index contributed by atoms with van der Waals surface area (Å²) in [5.74, 6) is 1.21. The van der Waals surface area contributed by atoms with Crippen molar-refractivity contribution < 1.29 is 9.53 Å². The van der Waals surface area contributed by atoms with Crippen LogP contribution in [0.5, 0.6) is 5.75 Å². The highest BCUT2D eigenvalue weighted by Crippen LogP contribution is 2.27. The van der Waals surface area contributed by atoms with E-state index >= 15 is 0 Å². The standard InChI is InChI=1S/C25H30ClN3O2/c1-17-13-22-23(14-18(17)2)29(16-27-22)15-19-9-11-28(12-10-19)24(30)25(3,4)31-21-7-5-20(26)6-8-21/h5-8,13-14,16,19H,9-12,15H2,1-4H3. The minimum absolute atomic E-state index is 0.0279. The molecule has 1 saturated heterocycles. The van der Waals surface area contributed by atoms with Crippen LogP contribution in [0.25, 0.3) is 11.0 Å². The number of aromatic nitrogens is 2. The Morgan fingerprint density at radius 2 is 1.77 bits per heavy atom. The Bertz CT molecular complexity index is 1080. The van der Waals surface area contributed by atoms with Gasteiger partial charge in [0.05, 0.1) is 17.4 Å². The van der Waals surface area contributed by atoms with Crippen molar-refractivity contribution in [3.8, 4) is 5.75 Å². The maximum atomic E-state index is 13.1. The molecule has 0 saturated carbocycles. The second-order valence-electron chi connectivity index (χ2n) is 9.12. The molecule has 0 atom stereocenters. The molecule has 6 heteroatoms. The van der Waals surface area contributed by atoms with Crippen LogP contribution in [-0.4, -0.2) is 39.0 Å². The molecule has 0 radical (unpaired) electrons.